The molecule has 0 aliphatic carbocycles. The molecule has 5 aromatic carbocycles. The van der Waals surface area contributed by atoms with E-state index in [-0.39, 0.29) is 26.4 Å². The van der Waals surface area contributed by atoms with Crippen molar-refractivity contribution in [1.29, 1.82) is 0 Å². The molecular formula is C48H52O11. The van der Waals surface area contributed by atoms with E-state index < -0.39 is 67.7 Å². The molecule has 1 unspecified atom stereocenters. The average Bonchev–Trinajstić information content (AvgIpc) is 3.29. The second-order valence-corrected chi connectivity index (χ2v) is 14.9. The number of ether oxygens (including phenoxy) is 10. The van der Waals surface area contributed by atoms with Gasteiger partial charge in [-0.05, 0) is 22.3 Å². The van der Waals surface area contributed by atoms with Gasteiger partial charge in [-0.2, -0.15) is 0 Å². The number of aliphatic hydroxyl groups excluding tert-OH is 1. The van der Waals surface area contributed by atoms with Crippen LogP contribution in [0.4, 0.5) is 0 Å². The summed E-state index contributed by atoms with van der Waals surface area (Å²) in [6.45, 7) is 1.47. The minimum Gasteiger partial charge on any atom is -0.385 e. The zero-order valence-corrected chi connectivity index (χ0v) is 33.1. The molecule has 0 bridgehead atoms. The Morgan fingerprint density at radius 1 is 0.525 bits per heavy atom. The van der Waals surface area contributed by atoms with Crippen LogP contribution in [0.5, 0.6) is 0 Å². The zero-order valence-electron chi connectivity index (χ0n) is 33.1. The van der Waals surface area contributed by atoms with Gasteiger partial charge in [-0.25, -0.2) is 0 Å². The number of benzene rings is 5. The first-order valence-electron chi connectivity index (χ1n) is 20.2. The third kappa shape index (κ3) is 10.7. The number of rotatable bonds is 17. The summed E-state index contributed by atoms with van der Waals surface area (Å²) >= 11 is 0. The monoisotopic (exact) mass is 804 g/mol. The topological polar surface area (TPSA) is 113 Å². The van der Waals surface area contributed by atoms with E-state index in [9.17, 15) is 5.11 Å². The van der Waals surface area contributed by atoms with Gasteiger partial charge in [0.25, 0.3) is 0 Å². The van der Waals surface area contributed by atoms with Crippen molar-refractivity contribution in [2.24, 2.45) is 0 Å². The smallest absolute Gasteiger partial charge is 0.187 e. The van der Waals surface area contributed by atoms with Crippen LogP contribution in [0.15, 0.2) is 152 Å². The maximum Gasteiger partial charge on any atom is 0.187 e. The summed E-state index contributed by atoms with van der Waals surface area (Å²) in [5.41, 5.74) is 4.77. The van der Waals surface area contributed by atoms with Gasteiger partial charge < -0.3 is 52.5 Å². The molecule has 8 rings (SSSR count). The third-order valence-corrected chi connectivity index (χ3v) is 10.7. The van der Waals surface area contributed by atoms with Crippen LogP contribution in [0.25, 0.3) is 0 Å². The van der Waals surface area contributed by atoms with Gasteiger partial charge in [0.15, 0.2) is 18.9 Å². The molecule has 3 aliphatic heterocycles. The van der Waals surface area contributed by atoms with E-state index >= 15 is 0 Å². The molecule has 310 valence electrons. The van der Waals surface area contributed by atoms with Crippen LogP contribution in [0, 0.1) is 0 Å². The Morgan fingerprint density at radius 3 is 1.56 bits per heavy atom. The van der Waals surface area contributed by atoms with Crippen molar-refractivity contribution >= 4 is 0 Å². The number of methoxy groups -OCH3 is 1. The molecule has 11 nitrogen and oxygen atoms in total. The summed E-state index contributed by atoms with van der Waals surface area (Å²) in [5.74, 6) is 0. The molecule has 0 aromatic heterocycles. The maximum absolute atomic E-state index is 11.9. The highest BCUT2D eigenvalue weighted by molar-refractivity contribution is 5.18. The van der Waals surface area contributed by atoms with Crippen molar-refractivity contribution in [2.45, 2.75) is 94.1 Å². The van der Waals surface area contributed by atoms with E-state index in [0.717, 1.165) is 27.8 Å². The first-order chi connectivity index (χ1) is 29.1. The lowest BCUT2D eigenvalue weighted by molar-refractivity contribution is -0.396. The van der Waals surface area contributed by atoms with E-state index in [1.807, 2.05) is 152 Å². The van der Waals surface area contributed by atoms with Crippen LogP contribution in [0.1, 0.15) is 34.1 Å². The Bertz CT molecular complexity index is 1940. The van der Waals surface area contributed by atoms with Crippen molar-refractivity contribution in [2.75, 3.05) is 20.3 Å². The summed E-state index contributed by atoms with van der Waals surface area (Å²) in [4.78, 5) is 0. The van der Waals surface area contributed by atoms with Crippen molar-refractivity contribution in [3.05, 3.63) is 179 Å². The van der Waals surface area contributed by atoms with Crippen LogP contribution in [0.2, 0.25) is 0 Å². The van der Waals surface area contributed by atoms with E-state index in [1.54, 1.807) is 0 Å². The molecule has 11 atom stereocenters. The van der Waals surface area contributed by atoms with Crippen LogP contribution < -0.4 is 0 Å². The molecule has 0 spiro atoms. The SMILES string of the molecule is CO[C@H]1O[C@@H]2COC(c3ccccc3)O[C@H]2[C@H](O[C@@H]2O[C@H](COCc3ccccc3)[C@@H](OCc3ccccc3)[C@H](OCc3ccccc3)[C@H]2OCc2ccccc2)[C@H]1O. The highest BCUT2D eigenvalue weighted by atomic mass is 16.8. The predicted octanol–water partition coefficient (Wildman–Crippen LogP) is 6.92. The standard InChI is InChI=1S/C48H52O11/c1-50-47-40(49)43(42-39(56-47)32-55-46(58-42)37-25-15-6-16-26-37)59-48-45(54-30-36-23-13-5-14-24-36)44(53-29-35-21-11-4-12-22-35)41(52-28-34-19-9-3-10-20-34)38(57-48)31-51-27-33-17-7-2-8-18-33/h2-26,38-49H,27-32H2,1H3/t38-,39-,40-,41-,42-,43-,44+,45-,46?,47+,48+/m1/s1. The molecule has 3 heterocycles. The van der Waals surface area contributed by atoms with Crippen LogP contribution in [0.3, 0.4) is 0 Å². The number of hydrogen-bond donors (Lipinski definition) is 1. The molecule has 3 aliphatic rings. The fourth-order valence-electron chi connectivity index (χ4n) is 7.70. The van der Waals surface area contributed by atoms with Gasteiger partial charge >= 0.3 is 0 Å². The van der Waals surface area contributed by atoms with Gasteiger partial charge in [0, 0.05) is 12.7 Å². The van der Waals surface area contributed by atoms with Crippen LogP contribution >= 0.6 is 0 Å². The summed E-state index contributed by atoms with van der Waals surface area (Å²) < 4.78 is 65.4. The lowest BCUT2D eigenvalue weighted by Gasteiger charge is -2.51. The average molecular weight is 805 g/mol. The first kappa shape index (κ1) is 41.4. The van der Waals surface area contributed by atoms with Crippen molar-refractivity contribution < 1.29 is 52.5 Å². The number of aliphatic hydroxyl groups is 1. The van der Waals surface area contributed by atoms with Gasteiger partial charge in [0.2, 0.25) is 0 Å². The lowest BCUT2D eigenvalue weighted by Crippen LogP contribution is -2.67. The van der Waals surface area contributed by atoms with E-state index in [4.69, 9.17) is 47.4 Å². The predicted molar refractivity (Wildman–Crippen MR) is 216 cm³/mol. The Balaban J connectivity index is 1.14. The van der Waals surface area contributed by atoms with Crippen molar-refractivity contribution in [3.63, 3.8) is 0 Å². The lowest BCUT2D eigenvalue weighted by atomic mass is 9.95. The highest BCUT2D eigenvalue weighted by Crippen LogP contribution is 2.39. The minimum absolute atomic E-state index is 0.147. The first-order valence-corrected chi connectivity index (χ1v) is 20.2. The summed E-state index contributed by atoms with van der Waals surface area (Å²) in [6, 6.07) is 49.4. The van der Waals surface area contributed by atoms with E-state index in [0.29, 0.717) is 13.2 Å². The molecule has 1 N–H and O–H groups in total. The fraction of sp³-hybridized carbons (Fsp3) is 0.375. The van der Waals surface area contributed by atoms with Crippen molar-refractivity contribution in [3.8, 4) is 0 Å². The molecule has 5 aromatic rings. The van der Waals surface area contributed by atoms with Gasteiger partial charge in [-0.15, -0.1) is 0 Å². The Labute approximate surface area is 345 Å². The fourth-order valence-corrected chi connectivity index (χ4v) is 7.70. The third-order valence-electron chi connectivity index (χ3n) is 10.7. The normalized spacial score (nSPS) is 29.4. The molecular weight excluding hydrogens is 753 g/mol. The second-order valence-electron chi connectivity index (χ2n) is 14.9. The summed E-state index contributed by atoms with van der Waals surface area (Å²) in [5, 5.41) is 11.9. The maximum atomic E-state index is 11.9. The quantitative estimate of drug-likeness (QED) is 0.106. The van der Waals surface area contributed by atoms with Gasteiger partial charge in [-0.1, -0.05) is 152 Å². The Kier molecular flexibility index (Phi) is 14.6. The van der Waals surface area contributed by atoms with Gasteiger partial charge in [0.1, 0.15) is 48.8 Å². The Morgan fingerprint density at radius 2 is 1.02 bits per heavy atom. The molecule has 11 heteroatoms. The van der Waals surface area contributed by atoms with Crippen LogP contribution in [-0.4, -0.2) is 86.8 Å². The molecule has 59 heavy (non-hydrogen) atoms. The van der Waals surface area contributed by atoms with E-state index in [1.165, 1.54) is 7.11 Å². The highest BCUT2D eigenvalue weighted by Gasteiger charge is 2.55. The van der Waals surface area contributed by atoms with Gasteiger partial charge in [0.05, 0.1) is 39.6 Å². The molecule has 3 fully saturated rings. The van der Waals surface area contributed by atoms with Crippen LogP contribution in [-0.2, 0) is 73.8 Å². The number of hydrogen-bond acceptors (Lipinski definition) is 11. The zero-order chi connectivity index (χ0) is 40.2. The molecule has 3 saturated heterocycles. The second kappa shape index (κ2) is 20.8. The largest absolute Gasteiger partial charge is 0.385 e. The molecule has 0 amide bonds. The summed E-state index contributed by atoms with van der Waals surface area (Å²) in [7, 11) is 1.48. The Hall–Kier alpha value is -4.34. The van der Waals surface area contributed by atoms with Gasteiger partial charge in [-0.3, -0.25) is 0 Å². The summed E-state index contributed by atoms with van der Waals surface area (Å²) in [6.07, 6.45) is -9.43. The van der Waals surface area contributed by atoms with E-state index in [2.05, 4.69) is 0 Å². The van der Waals surface area contributed by atoms with Crippen molar-refractivity contribution in [1.82, 2.24) is 0 Å². The molecule has 0 radical (unpaired) electrons. The minimum atomic E-state index is -1.27. The molecule has 0 saturated carbocycles. The number of fused-ring (bicyclic) bond motifs is 1.